The van der Waals surface area contributed by atoms with Gasteiger partial charge in [-0.3, -0.25) is 4.79 Å². The Hall–Kier alpha value is -1.56. The maximum Gasteiger partial charge on any atom is 0.326 e. The van der Waals surface area contributed by atoms with Gasteiger partial charge in [-0.2, -0.15) is 0 Å². The summed E-state index contributed by atoms with van der Waals surface area (Å²) in [6.45, 7) is 7.01. The summed E-state index contributed by atoms with van der Waals surface area (Å²) in [6, 6.07) is 4.60. The molecule has 6 heteroatoms. The summed E-state index contributed by atoms with van der Waals surface area (Å²) in [6.07, 6.45) is -0.787. The second-order valence-electron chi connectivity index (χ2n) is 5.26. The zero-order valence-electron chi connectivity index (χ0n) is 12.5. The van der Waals surface area contributed by atoms with Gasteiger partial charge in [0.15, 0.2) is 6.10 Å². The van der Waals surface area contributed by atoms with E-state index in [2.05, 4.69) is 21.2 Å². The maximum absolute atomic E-state index is 12.0. The maximum atomic E-state index is 12.0. The Balaban J connectivity index is 2.72. The van der Waals surface area contributed by atoms with Gasteiger partial charge in [-0.05, 0) is 53.4 Å². The molecule has 0 aromatic heterocycles. The molecule has 0 heterocycles. The monoisotopic (exact) mass is 357 g/mol. The van der Waals surface area contributed by atoms with Crippen LogP contribution in [0.2, 0.25) is 0 Å². The third kappa shape index (κ3) is 5.04. The highest BCUT2D eigenvalue weighted by Gasteiger charge is 2.26. The molecule has 1 aromatic carbocycles. The summed E-state index contributed by atoms with van der Waals surface area (Å²) in [5.74, 6) is -1.17. The number of aryl methyl sites for hydroxylation is 1. The Kier molecular flexibility index (Phi) is 6.20. The molecule has 0 fully saturated rings. The number of hydrogen-bond donors (Lipinski definition) is 2. The molecule has 0 saturated heterocycles. The standard InChI is InChI=1S/C15H20BrNO4/c1-8(2)13(15(19)20)17-14(18)10(4)21-12-6-5-9(3)7-11(12)16/h5-8,10,13H,1-4H3,(H,17,18)(H,19,20). The zero-order chi connectivity index (χ0) is 16.2. The minimum Gasteiger partial charge on any atom is -0.480 e. The van der Waals surface area contributed by atoms with Crippen LogP contribution in [0.1, 0.15) is 26.3 Å². The third-order valence-corrected chi connectivity index (χ3v) is 3.61. The molecule has 0 aliphatic rings. The van der Waals surface area contributed by atoms with Gasteiger partial charge in [-0.25, -0.2) is 4.79 Å². The molecule has 2 unspecified atom stereocenters. The molecule has 0 spiro atoms. The first-order valence-electron chi connectivity index (χ1n) is 6.68. The minimum absolute atomic E-state index is 0.204. The largest absolute Gasteiger partial charge is 0.480 e. The first kappa shape index (κ1) is 17.5. The summed E-state index contributed by atoms with van der Waals surface area (Å²) >= 11 is 3.37. The molecule has 1 rings (SSSR count). The Morgan fingerprint density at radius 2 is 1.90 bits per heavy atom. The van der Waals surface area contributed by atoms with Crippen molar-refractivity contribution in [3.63, 3.8) is 0 Å². The summed E-state index contributed by atoms with van der Waals surface area (Å²) in [7, 11) is 0. The number of halogens is 1. The normalized spacial score (nSPS) is 13.6. The van der Waals surface area contributed by atoms with Gasteiger partial charge < -0.3 is 15.2 Å². The molecule has 1 amide bonds. The average molecular weight is 358 g/mol. The number of carboxylic acid groups (broad SMARTS) is 1. The van der Waals surface area contributed by atoms with E-state index in [0.29, 0.717) is 5.75 Å². The molecule has 0 aliphatic heterocycles. The zero-order valence-corrected chi connectivity index (χ0v) is 14.1. The van der Waals surface area contributed by atoms with Crippen LogP contribution in [0, 0.1) is 12.8 Å². The van der Waals surface area contributed by atoms with Crippen LogP contribution in [0.3, 0.4) is 0 Å². The molecule has 0 aliphatic carbocycles. The van der Waals surface area contributed by atoms with E-state index in [1.807, 2.05) is 19.1 Å². The number of carbonyl (C=O) groups excluding carboxylic acids is 1. The van der Waals surface area contributed by atoms with Gasteiger partial charge in [-0.1, -0.05) is 19.9 Å². The van der Waals surface area contributed by atoms with E-state index in [9.17, 15) is 9.59 Å². The molecule has 5 nitrogen and oxygen atoms in total. The van der Waals surface area contributed by atoms with Gasteiger partial charge in [0.25, 0.3) is 5.91 Å². The summed E-state index contributed by atoms with van der Waals surface area (Å²) in [5, 5.41) is 11.6. The first-order valence-corrected chi connectivity index (χ1v) is 7.47. The Morgan fingerprint density at radius 1 is 1.29 bits per heavy atom. The molecule has 2 N–H and O–H groups in total. The fourth-order valence-electron chi connectivity index (χ4n) is 1.73. The van der Waals surface area contributed by atoms with Crippen LogP contribution >= 0.6 is 15.9 Å². The number of carbonyl (C=O) groups is 2. The van der Waals surface area contributed by atoms with Crippen molar-refractivity contribution in [2.24, 2.45) is 5.92 Å². The molecule has 0 radical (unpaired) electrons. The van der Waals surface area contributed by atoms with Gasteiger partial charge in [-0.15, -0.1) is 0 Å². The van der Waals surface area contributed by atoms with E-state index in [1.165, 1.54) is 0 Å². The van der Waals surface area contributed by atoms with Crippen molar-refractivity contribution >= 4 is 27.8 Å². The van der Waals surface area contributed by atoms with Crippen LogP contribution in [0.25, 0.3) is 0 Å². The van der Waals surface area contributed by atoms with E-state index in [-0.39, 0.29) is 5.92 Å². The Bertz CT molecular complexity index is 530. The summed E-state index contributed by atoms with van der Waals surface area (Å²) in [4.78, 5) is 23.1. The van der Waals surface area contributed by atoms with Gasteiger partial charge in [0.1, 0.15) is 11.8 Å². The lowest BCUT2D eigenvalue weighted by Crippen LogP contribution is -2.48. The van der Waals surface area contributed by atoms with Crippen molar-refractivity contribution in [2.45, 2.75) is 39.8 Å². The minimum atomic E-state index is -1.05. The highest BCUT2D eigenvalue weighted by Crippen LogP contribution is 2.26. The molecule has 1 aromatic rings. The van der Waals surface area contributed by atoms with Crippen LogP contribution in [0.15, 0.2) is 22.7 Å². The number of ether oxygens (including phenoxy) is 1. The lowest BCUT2D eigenvalue weighted by molar-refractivity contribution is -0.144. The van der Waals surface area contributed by atoms with Crippen molar-refractivity contribution in [1.82, 2.24) is 5.32 Å². The number of benzene rings is 1. The molecule has 0 bridgehead atoms. The third-order valence-electron chi connectivity index (χ3n) is 2.99. The van der Waals surface area contributed by atoms with Gasteiger partial charge in [0, 0.05) is 0 Å². The number of amides is 1. The fraction of sp³-hybridized carbons (Fsp3) is 0.467. The van der Waals surface area contributed by atoms with Crippen molar-refractivity contribution in [3.8, 4) is 5.75 Å². The van der Waals surface area contributed by atoms with Crippen LogP contribution in [0.5, 0.6) is 5.75 Å². The van der Waals surface area contributed by atoms with Gasteiger partial charge in [0.05, 0.1) is 4.47 Å². The van der Waals surface area contributed by atoms with Crippen LogP contribution in [-0.4, -0.2) is 29.1 Å². The van der Waals surface area contributed by atoms with Crippen LogP contribution in [-0.2, 0) is 9.59 Å². The Labute approximate surface area is 132 Å². The lowest BCUT2D eigenvalue weighted by atomic mass is 10.0. The van der Waals surface area contributed by atoms with Crippen LogP contribution in [0.4, 0.5) is 0 Å². The van der Waals surface area contributed by atoms with Crippen LogP contribution < -0.4 is 10.1 Å². The molecule has 116 valence electrons. The van der Waals surface area contributed by atoms with Crippen molar-refractivity contribution in [1.29, 1.82) is 0 Å². The number of hydrogen-bond acceptors (Lipinski definition) is 3. The Morgan fingerprint density at radius 3 is 2.38 bits per heavy atom. The molecule has 2 atom stereocenters. The van der Waals surface area contributed by atoms with E-state index in [4.69, 9.17) is 9.84 Å². The summed E-state index contributed by atoms with van der Waals surface area (Å²) < 4.78 is 6.32. The average Bonchev–Trinajstić information content (AvgIpc) is 2.37. The van der Waals surface area contributed by atoms with Crippen molar-refractivity contribution in [2.75, 3.05) is 0 Å². The van der Waals surface area contributed by atoms with E-state index in [0.717, 1.165) is 10.0 Å². The smallest absolute Gasteiger partial charge is 0.326 e. The molecule has 0 saturated carbocycles. The lowest BCUT2D eigenvalue weighted by Gasteiger charge is -2.21. The van der Waals surface area contributed by atoms with Gasteiger partial charge in [0.2, 0.25) is 0 Å². The fourth-order valence-corrected chi connectivity index (χ4v) is 2.32. The number of carboxylic acids is 1. The molecular formula is C15H20BrNO4. The number of rotatable bonds is 6. The SMILES string of the molecule is Cc1ccc(OC(C)C(=O)NC(C(=O)O)C(C)C)c(Br)c1. The highest BCUT2D eigenvalue weighted by atomic mass is 79.9. The number of aliphatic carboxylic acids is 1. The first-order chi connectivity index (χ1) is 9.72. The topological polar surface area (TPSA) is 75.6 Å². The van der Waals surface area contributed by atoms with Gasteiger partial charge >= 0.3 is 5.97 Å². The molecule has 21 heavy (non-hydrogen) atoms. The predicted octanol–water partition coefficient (Wildman–Crippen LogP) is 2.75. The van der Waals surface area contributed by atoms with E-state index in [1.54, 1.807) is 26.8 Å². The number of nitrogens with one attached hydrogen (secondary N) is 1. The van der Waals surface area contributed by atoms with Crippen molar-refractivity contribution in [3.05, 3.63) is 28.2 Å². The van der Waals surface area contributed by atoms with Crippen molar-refractivity contribution < 1.29 is 19.4 Å². The predicted molar refractivity (Wildman–Crippen MR) is 83.4 cm³/mol. The molecular weight excluding hydrogens is 338 g/mol. The highest BCUT2D eigenvalue weighted by molar-refractivity contribution is 9.10. The second-order valence-corrected chi connectivity index (χ2v) is 6.12. The van der Waals surface area contributed by atoms with E-state index >= 15 is 0 Å². The van der Waals surface area contributed by atoms with E-state index < -0.39 is 24.0 Å². The second kappa shape index (κ2) is 7.45. The summed E-state index contributed by atoms with van der Waals surface area (Å²) in [5.41, 5.74) is 1.07. The quantitative estimate of drug-likeness (QED) is 0.820.